The van der Waals surface area contributed by atoms with Gasteiger partial charge in [0.1, 0.15) is 5.00 Å². The first kappa shape index (κ1) is 21.5. The van der Waals surface area contributed by atoms with E-state index in [-0.39, 0.29) is 27.1 Å². The van der Waals surface area contributed by atoms with Crippen molar-refractivity contribution in [3.63, 3.8) is 0 Å². The lowest BCUT2D eigenvalue weighted by molar-refractivity contribution is 0.0601. The van der Waals surface area contributed by atoms with Gasteiger partial charge < -0.3 is 15.4 Å². The number of hydrogen-bond acceptors (Lipinski definition) is 5. The third kappa shape index (κ3) is 4.69. The van der Waals surface area contributed by atoms with Crippen LogP contribution in [-0.2, 0) is 11.3 Å². The number of ether oxygens (including phenoxy) is 1. The highest BCUT2D eigenvalue weighted by Crippen LogP contribution is 2.34. The van der Waals surface area contributed by atoms with Crippen LogP contribution in [0.25, 0.3) is 0 Å². The van der Waals surface area contributed by atoms with E-state index in [1.54, 1.807) is 31.2 Å². The third-order valence-corrected chi connectivity index (χ3v) is 5.92. The molecule has 30 heavy (non-hydrogen) atoms. The summed E-state index contributed by atoms with van der Waals surface area (Å²) >= 11 is 7.10. The maximum atomic E-state index is 12.7. The van der Waals surface area contributed by atoms with E-state index in [1.807, 2.05) is 30.3 Å². The quantitative estimate of drug-likeness (QED) is 0.543. The number of hydrogen-bond donors (Lipinski definition) is 2. The van der Waals surface area contributed by atoms with Gasteiger partial charge in [0.15, 0.2) is 0 Å². The van der Waals surface area contributed by atoms with Gasteiger partial charge in [-0.2, -0.15) is 0 Å². The van der Waals surface area contributed by atoms with E-state index < -0.39 is 11.9 Å². The predicted octanol–water partition coefficient (Wildman–Crippen LogP) is 4.68. The number of halogens is 1. The molecular formula is C22H19ClN2O4S. The largest absolute Gasteiger partial charge is 0.465 e. The summed E-state index contributed by atoms with van der Waals surface area (Å²) in [4.78, 5) is 38.0. The Morgan fingerprint density at radius 2 is 1.67 bits per heavy atom. The van der Waals surface area contributed by atoms with Gasteiger partial charge >= 0.3 is 5.97 Å². The summed E-state index contributed by atoms with van der Waals surface area (Å²) < 4.78 is 4.85. The van der Waals surface area contributed by atoms with Crippen molar-refractivity contribution in [3.05, 3.63) is 86.8 Å². The van der Waals surface area contributed by atoms with Crippen molar-refractivity contribution in [1.29, 1.82) is 0 Å². The van der Waals surface area contributed by atoms with Crippen molar-refractivity contribution in [3.8, 4) is 0 Å². The summed E-state index contributed by atoms with van der Waals surface area (Å²) in [5.41, 5.74) is 1.79. The van der Waals surface area contributed by atoms with Crippen LogP contribution in [0.3, 0.4) is 0 Å². The highest BCUT2D eigenvalue weighted by Gasteiger charge is 2.26. The number of nitrogens with one attached hydrogen (secondary N) is 2. The Hall–Kier alpha value is -3.16. The minimum Gasteiger partial charge on any atom is -0.465 e. The van der Waals surface area contributed by atoms with Crippen LogP contribution in [-0.4, -0.2) is 24.9 Å². The highest BCUT2D eigenvalue weighted by molar-refractivity contribution is 7.18. The molecule has 0 aliphatic rings. The fourth-order valence-corrected chi connectivity index (χ4v) is 4.17. The number of amides is 2. The second kappa shape index (κ2) is 9.56. The second-order valence-corrected chi connectivity index (χ2v) is 7.78. The smallest absolute Gasteiger partial charge is 0.341 e. The molecule has 0 saturated carbocycles. The van der Waals surface area contributed by atoms with E-state index in [2.05, 4.69) is 10.6 Å². The summed E-state index contributed by atoms with van der Waals surface area (Å²) in [6.45, 7) is 1.98. The molecule has 0 spiro atoms. The van der Waals surface area contributed by atoms with Crippen molar-refractivity contribution in [2.24, 2.45) is 0 Å². The zero-order chi connectivity index (χ0) is 21.7. The standard InChI is InChI=1S/C22H19ClN2O4S/c1-13-17(22(28)29-2)21(25-19(26)15-10-6-7-11-16(15)23)30-18(13)20(27)24-12-14-8-4-3-5-9-14/h3-11H,12H2,1-2H3,(H,24,27)(H,25,26). The lowest BCUT2D eigenvalue weighted by atomic mass is 10.1. The van der Waals surface area contributed by atoms with E-state index in [4.69, 9.17) is 16.3 Å². The first-order valence-corrected chi connectivity index (χ1v) is 10.2. The van der Waals surface area contributed by atoms with Gasteiger partial charge in [0.2, 0.25) is 0 Å². The molecule has 0 bridgehead atoms. The van der Waals surface area contributed by atoms with E-state index in [0.717, 1.165) is 16.9 Å². The first-order chi connectivity index (χ1) is 14.4. The first-order valence-electron chi connectivity index (χ1n) is 9.02. The zero-order valence-corrected chi connectivity index (χ0v) is 17.9. The van der Waals surface area contributed by atoms with Crippen LogP contribution < -0.4 is 10.6 Å². The molecule has 2 N–H and O–H groups in total. The number of carbonyl (C=O) groups excluding carboxylic acids is 3. The molecule has 154 valence electrons. The molecule has 8 heteroatoms. The van der Waals surface area contributed by atoms with Gasteiger partial charge in [-0.15, -0.1) is 11.3 Å². The number of thiophene rings is 1. The van der Waals surface area contributed by atoms with Gasteiger partial charge in [-0.3, -0.25) is 9.59 Å². The van der Waals surface area contributed by atoms with Crippen LogP contribution in [0.5, 0.6) is 0 Å². The maximum absolute atomic E-state index is 12.7. The minimum atomic E-state index is -0.639. The van der Waals surface area contributed by atoms with Crippen LogP contribution in [0.1, 0.15) is 41.5 Å². The number of anilines is 1. The van der Waals surface area contributed by atoms with Crippen molar-refractivity contribution < 1.29 is 19.1 Å². The Kier molecular flexibility index (Phi) is 6.87. The summed E-state index contributed by atoms with van der Waals surface area (Å²) in [5.74, 6) is -1.46. The molecule has 0 aliphatic carbocycles. The lowest BCUT2D eigenvalue weighted by Crippen LogP contribution is -2.22. The van der Waals surface area contributed by atoms with Gasteiger partial charge in [0.25, 0.3) is 11.8 Å². The van der Waals surface area contributed by atoms with Crippen molar-refractivity contribution >= 4 is 45.7 Å². The normalized spacial score (nSPS) is 10.4. The lowest BCUT2D eigenvalue weighted by Gasteiger charge is -2.07. The molecule has 0 saturated heterocycles. The van der Waals surface area contributed by atoms with Gasteiger partial charge in [0, 0.05) is 6.54 Å². The summed E-state index contributed by atoms with van der Waals surface area (Å²) in [5, 5.41) is 6.03. The van der Waals surface area contributed by atoms with Crippen molar-refractivity contribution in [2.45, 2.75) is 13.5 Å². The third-order valence-electron chi connectivity index (χ3n) is 4.38. The topological polar surface area (TPSA) is 84.5 Å². The molecule has 3 rings (SSSR count). The average molecular weight is 443 g/mol. The van der Waals surface area contributed by atoms with Crippen molar-refractivity contribution in [1.82, 2.24) is 5.32 Å². The SMILES string of the molecule is COC(=O)c1c(NC(=O)c2ccccc2Cl)sc(C(=O)NCc2ccccc2)c1C. The van der Waals surface area contributed by atoms with Gasteiger partial charge in [-0.1, -0.05) is 54.1 Å². The number of carbonyl (C=O) groups is 3. The number of rotatable bonds is 6. The molecule has 0 unspecified atom stereocenters. The summed E-state index contributed by atoms with van der Waals surface area (Å²) in [7, 11) is 1.24. The Bertz CT molecular complexity index is 1100. The molecule has 0 radical (unpaired) electrons. The number of methoxy groups -OCH3 is 1. The van der Waals surface area contributed by atoms with E-state index in [1.165, 1.54) is 7.11 Å². The Labute approximate surface area is 182 Å². The molecule has 0 aliphatic heterocycles. The molecule has 6 nitrogen and oxygen atoms in total. The monoisotopic (exact) mass is 442 g/mol. The summed E-state index contributed by atoms with van der Waals surface area (Å²) in [6.07, 6.45) is 0. The molecule has 2 amide bonds. The van der Waals surface area contributed by atoms with Crippen LogP contribution in [0, 0.1) is 6.92 Å². The number of benzene rings is 2. The van der Waals surface area contributed by atoms with Crippen LogP contribution in [0.15, 0.2) is 54.6 Å². The molecular weight excluding hydrogens is 424 g/mol. The summed E-state index contributed by atoms with van der Waals surface area (Å²) in [6, 6.07) is 16.0. The molecule has 0 atom stereocenters. The Morgan fingerprint density at radius 1 is 1.00 bits per heavy atom. The van der Waals surface area contributed by atoms with Crippen molar-refractivity contribution in [2.75, 3.05) is 12.4 Å². The second-order valence-electron chi connectivity index (χ2n) is 6.35. The van der Waals surface area contributed by atoms with Gasteiger partial charge in [-0.25, -0.2) is 4.79 Å². The van der Waals surface area contributed by atoms with E-state index in [0.29, 0.717) is 17.0 Å². The Balaban J connectivity index is 1.87. The maximum Gasteiger partial charge on any atom is 0.341 e. The van der Waals surface area contributed by atoms with Crippen LogP contribution in [0.2, 0.25) is 5.02 Å². The molecule has 1 aromatic heterocycles. The molecule has 1 heterocycles. The van der Waals surface area contributed by atoms with E-state index >= 15 is 0 Å². The fraction of sp³-hybridized carbons (Fsp3) is 0.136. The van der Waals surface area contributed by atoms with Gasteiger partial charge in [-0.05, 0) is 30.2 Å². The molecule has 3 aromatic rings. The van der Waals surface area contributed by atoms with Crippen LogP contribution in [0.4, 0.5) is 5.00 Å². The molecule has 0 fully saturated rings. The average Bonchev–Trinajstić information content (AvgIpc) is 3.08. The van der Waals surface area contributed by atoms with E-state index in [9.17, 15) is 14.4 Å². The zero-order valence-electron chi connectivity index (χ0n) is 16.3. The van der Waals surface area contributed by atoms with Gasteiger partial charge in [0.05, 0.1) is 28.1 Å². The Morgan fingerprint density at radius 3 is 2.33 bits per heavy atom. The van der Waals surface area contributed by atoms with Crippen LogP contribution >= 0.6 is 22.9 Å². The highest BCUT2D eigenvalue weighted by atomic mass is 35.5. The fourth-order valence-electron chi connectivity index (χ4n) is 2.84. The minimum absolute atomic E-state index is 0.146. The predicted molar refractivity (Wildman–Crippen MR) is 117 cm³/mol. The molecule has 2 aromatic carbocycles. The number of esters is 1.